The molecular formula is C22H22ClN3OS2. The molecule has 0 atom stereocenters. The summed E-state index contributed by atoms with van der Waals surface area (Å²) in [6.45, 7) is 7.73. The van der Waals surface area contributed by atoms with Crippen molar-refractivity contribution in [1.29, 1.82) is 0 Å². The van der Waals surface area contributed by atoms with Crippen LogP contribution in [0.1, 0.15) is 22.9 Å². The highest BCUT2D eigenvalue weighted by molar-refractivity contribution is 7.19. The first kappa shape index (κ1) is 20.1. The molecule has 1 N–H and O–H groups in total. The Hall–Kier alpha value is -2.15. The molecule has 0 fully saturated rings. The standard InChI is InChI=1S/C22H22ClN3OS2/c1-4-27-15-9-19(28-11-15)18-10-20(26-12-25-18)24-8-7-16-14(3)29-22-13(2)5-6-17(23)21(16)22/h5-6,9-12H,4,7-8H2,1-3H3,(H,24,25,26). The number of nitrogens with zero attached hydrogens (tertiary/aromatic N) is 2. The highest BCUT2D eigenvalue weighted by Gasteiger charge is 2.14. The maximum atomic E-state index is 6.51. The Labute approximate surface area is 183 Å². The first-order valence-corrected chi connectivity index (χ1v) is 11.6. The number of fused-ring (bicyclic) bond motifs is 1. The molecule has 3 heterocycles. The number of nitrogens with one attached hydrogen (secondary N) is 1. The molecule has 0 bridgehead atoms. The normalized spacial score (nSPS) is 11.2. The largest absolute Gasteiger partial charge is 0.493 e. The molecule has 0 aliphatic heterocycles. The number of hydrogen-bond donors (Lipinski definition) is 1. The lowest BCUT2D eigenvalue weighted by molar-refractivity contribution is 0.342. The van der Waals surface area contributed by atoms with Gasteiger partial charge in [0.2, 0.25) is 0 Å². The van der Waals surface area contributed by atoms with Crippen molar-refractivity contribution >= 4 is 50.2 Å². The van der Waals surface area contributed by atoms with Gasteiger partial charge in [-0.2, -0.15) is 0 Å². The van der Waals surface area contributed by atoms with Crippen LogP contribution in [-0.2, 0) is 6.42 Å². The second-order valence-corrected chi connectivity index (χ2v) is 9.29. The van der Waals surface area contributed by atoms with Crippen LogP contribution in [-0.4, -0.2) is 23.1 Å². The maximum Gasteiger partial charge on any atom is 0.130 e. The maximum absolute atomic E-state index is 6.51. The zero-order valence-electron chi connectivity index (χ0n) is 16.6. The SMILES string of the molecule is CCOc1csc(-c2cc(NCCc3c(C)sc4c(C)ccc(Cl)c34)ncn2)c1. The van der Waals surface area contributed by atoms with Gasteiger partial charge in [0.1, 0.15) is 17.9 Å². The van der Waals surface area contributed by atoms with Crippen LogP contribution in [0.2, 0.25) is 5.02 Å². The average Bonchev–Trinajstić information content (AvgIpc) is 3.31. The fourth-order valence-electron chi connectivity index (χ4n) is 3.37. The second kappa shape index (κ2) is 8.69. The van der Waals surface area contributed by atoms with E-state index in [1.54, 1.807) is 17.7 Å². The van der Waals surface area contributed by atoms with Crippen LogP contribution in [0.4, 0.5) is 5.82 Å². The lowest BCUT2D eigenvalue weighted by Crippen LogP contribution is -2.07. The molecule has 4 nitrogen and oxygen atoms in total. The number of aryl methyl sites for hydroxylation is 2. The number of ether oxygens (including phenoxy) is 1. The lowest BCUT2D eigenvalue weighted by Gasteiger charge is -2.08. The number of halogens is 1. The van der Waals surface area contributed by atoms with Crippen molar-refractivity contribution in [2.45, 2.75) is 27.2 Å². The van der Waals surface area contributed by atoms with Gasteiger partial charge in [0.15, 0.2) is 0 Å². The molecule has 0 saturated carbocycles. The summed E-state index contributed by atoms with van der Waals surface area (Å²) < 4.78 is 6.84. The summed E-state index contributed by atoms with van der Waals surface area (Å²) in [5.41, 5.74) is 3.49. The highest BCUT2D eigenvalue weighted by atomic mass is 35.5. The Morgan fingerprint density at radius 3 is 2.86 bits per heavy atom. The molecule has 4 aromatic rings. The molecule has 0 radical (unpaired) electrons. The number of aromatic nitrogens is 2. The van der Waals surface area contributed by atoms with Crippen molar-refractivity contribution in [3.05, 3.63) is 57.0 Å². The highest BCUT2D eigenvalue weighted by Crippen LogP contribution is 2.38. The Kier molecular flexibility index (Phi) is 6.04. The van der Waals surface area contributed by atoms with Crippen LogP contribution in [0.3, 0.4) is 0 Å². The summed E-state index contributed by atoms with van der Waals surface area (Å²) in [5.74, 6) is 1.70. The van der Waals surface area contributed by atoms with E-state index in [-0.39, 0.29) is 0 Å². The Balaban J connectivity index is 1.48. The van der Waals surface area contributed by atoms with Gasteiger partial charge in [-0.25, -0.2) is 9.97 Å². The van der Waals surface area contributed by atoms with Gasteiger partial charge in [0, 0.05) is 44.0 Å². The molecule has 0 amide bonds. The predicted molar refractivity (Wildman–Crippen MR) is 125 cm³/mol. The van der Waals surface area contributed by atoms with Gasteiger partial charge in [0.25, 0.3) is 0 Å². The molecule has 0 aliphatic carbocycles. The van der Waals surface area contributed by atoms with Crippen molar-refractivity contribution in [2.24, 2.45) is 0 Å². The number of benzene rings is 1. The fourth-order valence-corrected chi connectivity index (χ4v) is 5.69. The first-order valence-electron chi connectivity index (χ1n) is 9.51. The molecule has 150 valence electrons. The van der Waals surface area contributed by atoms with E-state index in [4.69, 9.17) is 16.3 Å². The molecule has 4 rings (SSSR count). The average molecular weight is 444 g/mol. The number of anilines is 1. The molecule has 0 unspecified atom stereocenters. The Bertz CT molecular complexity index is 1150. The van der Waals surface area contributed by atoms with Crippen LogP contribution >= 0.6 is 34.3 Å². The summed E-state index contributed by atoms with van der Waals surface area (Å²) in [5, 5.41) is 7.47. The topological polar surface area (TPSA) is 47.0 Å². The first-order chi connectivity index (χ1) is 14.1. The Morgan fingerprint density at radius 2 is 2.03 bits per heavy atom. The molecular weight excluding hydrogens is 422 g/mol. The van der Waals surface area contributed by atoms with E-state index >= 15 is 0 Å². The smallest absolute Gasteiger partial charge is 0.130 e. The van der Waals surface area contributed by atoms with E-state index in [9.17, 15) is 0 Å². The van der Waals surface area contributed by atoms with E-state index < -0.39 is 0 Å². The summed E-state index contributed by atoms with van der Waals surface area (Å²) >= 11 is 9.96. The van der Waals surface area contributed by atoms with Crippen molar-refractivity contribution < 1.29 is 4.74 Å². The van der Waals surface area contributed by atoms with Crippen LogP contribution in [0.5, 0.6) is 5.75 Å². The second-order valence-electron chi connectivity index (χ2n) is 6.75. The van der Waals surface area contributed by atoms with Crippen molar-refractivity contribution in [3.8, 4) is 16.3 Å². The molecule has 0 spiro atoms. The van der Waals surface area contributed by atoms with Gasteiger partial charge in [0.05, 0.1) is 17.2 Å². The van der Waals surface area contributed by atoms with Crippen molar-refractivity contribution in [3.63, 3.8) is 0 Å². The van der Waals surface area contributed by atoms with Gasteiger partial charge < -0.3 is 10.1 Å². The predicted octanol–water partition coefficient (Wildman–Crippen LogP) is 6.74. The van der Waals surface area contributed by atoms with Crippen LogP contribution in [0.15, 0.2) is 36.0 Å². The van der Waals surface area contributed by atoms with Crippen molar-refractivity contribution in [1.82, 2.24) is 9.97 Å². The monoisotopic (exact) mass is 443 g/mol. The minimum Gasteiger partial charge on any atom is -0.493 e. The van der Waals surface area contributed by atoms with Gasteiger partial charge in [-0.15, -0.1) is 22.7 Å². The van der Waals surface area contributed by atoms with E-state index in [0.717, 1.165) is 40.1 Å². The van der Waals surface area contributed by atoms with E-state index in [0.29, 0.717) is 6.61 Å². The summed E-state index contributed by atoms with van der Waals surface area (Å²) in [7, 11) is 0. The minimum absolute atomic E-state index is 0.660. The lowest BCUT2D eigenvalue weighted by atomic mass is 10.1. The number of rotatable bonds is 7. The molecule has 1 aromatic carbocycles. The van der Waals surface area contributed by atoms with Gasteiger partial charge in [-0.1, -0.05) is 17.7 Å². The molecule has 0 aliphatic rings. The molecule has 7 heteroatoms. The quantitative estimate of drug-likeness (QED) is 0.343. The van der Waals surface area contributed by atoms with Crippen molar-refractivity contribution in [2.75, 3.05) is 18.5 Å². The molecule has 0 saturated heterocycles. The van der Waals surface area contributed by atoms with E-state index in [1.165, 1.54) is 26.1 Å². The zero-order chi connectivity index (χ0) is 20.4. The summed E-state index contributed by atoms with van der Waals surface area (Å²) in [6.07, 6.45) is 2.49. The van der Waals surface area contributed by atoms with E-state index in [1.807, 2.05) is 41.8 Å². The van der Waals surface area contributed by atoms with Crippen LogP contribution in [0.25, 0.3) is 20.7 Å². The van der Waals surface area contributed by atoms with Crippen LogP contribution in [0, 0.1) is 13.8 Å². The summed E-state index contributed by atoms with van der Waals surface area (Å²) in [6, 6.07) is 8.09. The Morgan fingerprint density at radius 1 is 1.17 bits per heavy atom. The summed E-state index contributed by atoms with van der Waals surface area (Å²) in [4.78, 5) is 11.2. The van der Waals surface area contributed by atoms with Gasteiger partial charge in [-0.05, 0) is 44.4 Å². The van der Waals surface area contributed by atoms with Gasteiger partial charge in [-0.3, -0.25) is 0 Å². The molecule has 3 aromatic heterocycles. The number of thiophene rings is 2. The van der Waals surface area contributed by atoms with E-state index in [2.05, 4.69) is 35.2 Å². The third-order valence-corrected chi connectivity index (χ3v) is 7.30. The third-order valence-electron chi connectivity index (χ3n) is 4.77. The minimum atomic E-state index is 0.660. The molecule has 29 heavy (non-hydrogen) atoms. The zero-order valence-corrected chi connectivity index (χ0v) is 19.0. The third kappa shape index (κ3) is 4.25. The number of hydrogen-bond acceptors (Lipinski definition) is 6. The fraction of sp³-hybridized carbons (Fsp3) is 0.273. The van der Waals surface area contributed by atoms with Crippen LogP contribution < -0.4 is 10.1 Å². The van der Waals surface area contributed by atoms with Gasteiger partial charge >= 0.3 is 0 Å².